The van der Waals surface area contributed by atoms with Crippen LogP contribution in [0.5, 0.6) is 0 Å². The Labute approximate surface area is 116 Å². The number of nitrogens with two attached hydrogens (primary N) is 1. The zero-order chi connectivity index (χ0) is 15.5. The Kier molecular flexibility index (Phi) is 3.98. The zero-order valence-electron chi connectivity index (χ0n) is 10.3. The molecule has 7 nitrogen and oxygen atoms in total. The highest BCUT2D eigenvalue weighted by atomic mass is 19.4. The summed E-state index contributed by atoms with van der Waals surface area (Å²) < 4.78 is 37.0. The van der Waals surface area contributed by atoms with Gasteiger partial charge in [0, 0.05) is 0 Å². The van der Waals surface area contributed by atoms with Gasteiger partial charge in [-0.05, 0) is 24.3 Å². The maximum absolute atomic E-state index is 12.3. The molecule has 4 N–H and O–H groups in total. The van der Waals surface area contributed by atoms with Crippen LogP contribution in [0.15, 0.2) is 30.5 Å². The summed E-state index contributed by atoms with van der Waals surface area (Å²) in [5.41, 5.74) is 1.29. The first kappa shape index (κ1) is 14.7. The number of anilines is 2. The van der Waals surface area contributed by atoms with E-state index in [2.05, 4.69) is 25.9 Å². The Morgan fingerprint density at radius 1 is 1.14 bits per heavy atom. The van der Waals surface area contributed by atoms with Crippen molar-refractivity contribution in [1.82, 2.24) is 15.2 Å². The molecule has 0 aliphatic carbocycles. The molecule has 0 aliphatic rings. The van der Waals surface area contributed by atoms with Crippen molar-refractivity contribution >= 4 is 17.4 Å². The molecule has 0 bridgehead atoms. The van der Waals surface area contributed by atoms with Crippen LogP contribution < -0.4 is 16.6 Å². The van der Waals surface area contributed by atoms with E-state index >= 15 is 0 Å². The van der Waals surface area contributed by atoms with Crippen molar-refractivity contribution in [2.45, 2.75) is 6.18 Å². The van der Waals surface area contributed by atoms with E-state index in [1.165, 1.54) is 12.1 Å². The van der Waals surface area contributed by atoms with E-state index in [1.54, 1.807) is 0 Å². The van der Waals surface area contributed by atoms with E-state index in [9.17, 15) is 18.0 Å². The Morgan fingerprint density at radius 2 is 1.90 bits per heavy atom. The van der Waals surface area contributed by atoms with E-state index in [0.29, 0.717) is 0 Å². The molecule has 0 unspecified atom stereocenters. The van der Waals surface area contributed by atoms with Crippen molar-refractivity contribution < 1.29 is 18.0 Å². The van der Waals surface area contributed by atoms with Crippen LogP contribution in [0.3, 0.4) is 0 Å². The molecule has 110 valence electrons. The monoisotopic (exact) mass is 298 g/mol. The second-order valence-corrected chi connectivity index (χ2v) is 3.83. The van der Waals surface area contributed by atoms with E-state index in [0.717, 1.165) is 18.3 Å². The molecular weight excluding hydrogens is 289 g/mol. The number of halogens is 3. The quantitative estimate of drug-likeness (QED) is 0.584. The third-order valence-corrected chi connectivity index (χ3v) is 2.36. The number of aromatic nitrogens is 3. The van der Waals surface area contributed by atoms with Gasteiger partial charge >= 0.3 is 6.18 Å². The fourth-order valence-electron chi connectivity index (χ4n) is 1.36. The van der Waals surface area contributed by atoms with Gasteiger partial charge in [0.05, 0.1) is 11.9 Å². The van der Waals surface area contributed by atoms with Crippen molar-refractivity contribution in [1.29, 1.82) is 0 Å². The third-order valence-electron chi connectivity index (χ3n) is 2.36. The molecule has 2 aromatic rings. The molecule has 2 heterocycles. The fraction of sp³-hybridized carbons (Fsp3) is 0.0909. The Hall–Kier alpha value is -2.75. The minimum atomic E-state index is -4.53. The van der Waals surface area contributed by atoms with Gasteiger partial charge in [-0.15, -0.1) is 10.2 Å². The summed E-state index contributed by atoms with van der Waals surface area (Å²) in [5.74, 6) is 4.73. The second-order valence-electron chi connectivity index (χ2n) is 3.83. The summed E-state index contributed by atoms with van der Waals surface area (Å²) in [4.78, 5) is 15.0. The Morgan fingerprint density at radius 3 is 2.38 bits per heavy atom. The molecular formula is C11H9F3N6O. The van der Waals surface area contributed by atoms with Gasteiger partial charge in [0.1, 0.15) is 5.69 Å². The predicted molar refractivity (Wildman–Crippen MR) is 67.0 cm³/mol. The molecule has 0 saturated carbocycles. The van der Waals surface area contributed by atoms with Crippen molar-refractivity contribution in [3.63, 3.8) is 0 Å². The van der Waals surface area contributed by atoms with E-state index in [1.807, 2.05) is 0 Å². The van der Waals surface area contributed by atoms with Crippen LogP contribution in [0.4, 0.5) is 24.7 Å². The summed E-state index contributed by atoms with van der Waals surface area (Å²) in [7, 11) is 0. The summed E-state index contributed by atoms with van der Waals surface area (Å²) in [6, 6.07) is 4.64. The van der Waals surface area contributed by atoms with Gasteiger partial charge in [0.25, 0.3) is 5.91 Å². The number of carbonyl (C=O) groups is 1. The predicted octanol–water partition coefficient (Wildman–Crippen LogP) is 1.43. The maximum Gasteiger partial charge on any atom is 0.433 e. The van der Waals surface area contributed by atoms with Crippen LogP contribution in [-0.4, -0.2) is 21.1 Å². The van der Waals surface area contributed by atoms with Gasteiger partial charge in [-0.3, -0.25) is 4.79 Å². The van der Waals surface area contributed by atoms with Crippen molar-refractivity contribution in [3.05, 3.63) is 41.9 Å². The molecule has 2 aromatic heterocycles. The fourth-order valence-corrected chi connectivity index (χ4v) is 1.36. The normalized spacial score (nSPS) is 11.0. The number of pyridine rings is 1. The van der Waals surface area contributed by atoms with Gasteiger partial charge < -0.3 is 10.7 Å². The number of hydrazine groups is 1. The molecule has 1 amide bonds. The van der Waals surface area contributed by atoms with Crippen LogP contribution in [-0.2, 0) is 6.18 Å². The van der Waals surface area contributed by atoms with Gasteiger partial charge in [-0.25, -0.2) is 10.8 Å². The first-order chi connectivity index (χ1) is 9.90. The number of nitrogens with one attached hydrogen (secondary N) is 2. The highest BCUT2D eigenvalue weighted by Gasteiger charge is 2.32. The minimum Gasteiger partial charge on any atom is -0.319 e. The van der Waals surface area contributed by atoms with Crippen molar-refractivity contribution in [3.8, 4) is 0 Å². The highest BCUT2D eigenvalue weighted by Crippen LogP contribution is 2.27. The third kappa shape index (κ3) is 3.63. The summed E-state index contributed by atoms with van der Waals surface area (Å²) >= 11 is 0. The number of nitrogen functional groups attached to an aromatic ring is 1. The molecule has 21 heavy (non-hydrogen) atoms. The number of hydrogen-bond donors (Lipinski definition) is 3. The van der Waals surface area contributed by atoms with E-state index < -0.39 is 17.8 Å². The molecule has 0 aromatic carbocycles. The first-order valence-electron chi connectivity index (χ1n) is 5.55. The number of carbonyl (C=O) groups excluding carboxylic acids is 1. The van der Waals surface area contributed by atoms with Crippen LogP contribution in [0.1, 0.15) is 16.2 Å². The number of nitrogens with zero attached hydrogens (tertiary/aromatic N) is 3. The highest BCUT2D eigenvalue weighted by molar-refractivity contribution is 6.02. The molecule has 0 saturated heterocycles. The first-order valence-corrected chi connectivity index (χ1v) is 5.55. The lowest BCUT2D eigenvalue weighted by atomic mass is 10.3. The lowest BCUT2D eigenvalue weighted by Crippen LogP contribution is -2.16. The van der Waals surface area contributed by atoms with Crippen molar-refractivity contribution in [2.24, 2.45) is 5.84 Å². The largest absolute Gasteiger partial charge is 0.433 e. The van der Waals surface area contributed by atoms with E-state index in [4.69, 9.17) is 5.84 Å². The van der Waals surface area contributed by atoms with Gasteiger partial charge in [-0.2, -0.15) is 13.2 Å². The van der Waals surface area contributed by atoms with E-state index in [-0.39, 0.29) is 17.2 Å². The lowest BCUT2D eigenvalue weighted by molar-refractivity contribution is -0.141. The molecule has 2 rings (SSSR count). The van der Waals surface area contributed by atoms with Gasteiger partial charge in [0.15, 0.2) is 11.5 Å². The average Bonchev–Trinajstić information content (AvgIpc) is 2.47. The molecule has 0 atom stereocenters. The summed E-state index contributed by atoms with van der Waals surface area (Å²) in [6.45, 7) is 0. The summed E-state index contributed by atoms with van der Waals surface area (Å²) in [6.07, 6.45) is -3.62. The topological polar surface area (TPSA) is 106 Å². The molecule has 0 radical (unpaired) electrons. The van der Waals surface area contributed by atoms with Gasteiger partial charge in [0.2, 0.25) is 0 Å². The van der Waals surface area contributed by atoms with Crippen LogP contribution >= 0.6 is 0 Å². The van der Waals surface area contributed by atoms with Crippen LogP contribution in [0.2, 0.25) is 0 Å². The van der Waals surface area contributed by atoms with Gasteiger partial charge in [-0.1, -0.05) is 0 Å². The standard InChI is InChI=1S/C11H9F3N6O/c12-11(13,14)8-3-1-6(5-16-8)17-10(21)7-2-4-9(18-15)20-19-7/h1-5H,15H2,(H,17,21)(H,18,20). The Bertz CT molecular complexity index is 626. The average molecular weight is 298 g/mol. The maximum atomic E-state index is 12.3. The molecule has 0 aliphatic heterocycles. The second kappa shape index (κ2) is 5.71. The Balaban J connectivity index is 2.08. The van der Waals surface area contributed by atoms with Crippen LogP contribution in [0.25, 0.3) is 0 Å². The molecule has 0 fully saturated rings. The zero-order valence-corrected chi connectivity index (χ0v) is 10.3. The van der Waals surface area contributed by atoms with Crippen LogP contribution in [0, 0.1) is 0 Å². The molecule has 0 spiro atoms. The number of amides is 1. The smallest absolute Gasteiger partial charge is 0.319 e. The lowest BCUT2D eigenvalue weighted by Gasteiger charge is -2.07. The number of alkyl halides is 3. The minimum absolute atomic E-state index is 0.0195. The summed E-state index contributed by atoms with van der Waals surface area (Å²) in [5, 5.41) is 9.54. The number of hydrogen-bond acceptors (Lipinski definition) is 6. The number of rotatable bonds is 3. The van der Waals surface area contributed by atoms with Crippen molar-refractivity contribution in [2.75, 3.05) is 10.7 Å². The SMILES string of the molecule is NNc1ccc(C(=O)Nc2ccc(C(F)(F)F)nc2)nn1. The molecule has 10 heteroatoms.